The summed E-state index contributed by atoms with van der Waals surface area (Å²) in [6.45, 7) is 4.67. The van der Waals surface area contributed by atoms with Crippen LogP contribution in [-0.2, 0) is 6.61 Å². The van der Waals surface area contributed by atoms with Gasteiger partial charge in [0, 0.05) is 10.6 Å². The molecule has 0 radical (unpaired) electrons. The van der Waals surface area contributed by atoms with E-state index in [-0.39, 0.29) is 5.78 Å². The molecule has 0 N–H and O–H groups in total. The molecule has 0 aliphatic carbocycles. The average Bonchev–Trinajstić information content (AvgIpc) is 2.73. The molecule has 0 saturated carbocycles. The molecule has 154 valence electrons. The fraction of sp³-hybridized carbons (Fsp3) is 0.160. The van der Waals surface area contributed by atoms with Gasteiger partial charge in [0.1, 0.15) is 6.61 Å². The Bertz CT molecular complexity index is 1040. The zero-order chi connectivity index (χ0) is 21.5. The predicted octanol–water partition coefficient (Wildman–Crippen LogP) is 7.18. The lowest BCUT2D eigenvalue weighted by molar-refractivity contribution is 0.104. The van der Waals surface area contributed by atoms with Crippen LogP contribution >= 0.6 is 23.2 Å². The lowest BCUT2D eigenvalue weighted by Gasteiger charge is -2.14. The first kappa shape index (κ1) is 21.9. The summed E-state index contributed by atoms with van der Waals surface area (Å²) >= 11 is 12.4. The summed E-state index contributed by atoms with van der Waals surface area (Å²) in [4.78, 5) is 12.4. The van der Waals surface area contributed by atoms with Crippen LogP contribution in [0.1, 0.15) is 34.0 Å². The number of carbonyl (C=O) groups excluding carboxylic acids is 1. The van der Waals surface area contributed by atoms with Crippen molar-refractivity contribution < 1.29 is 14.3 Å². The Balaban J connectivity index is 1.78. The largest absolute Gasteiger partial charge is 0.490 e. The maximum atomic E-state index is 12.4. The molecular formula is C25H22Cl2O3. The van der Waals surface area contributed by atoms with Crippen LogP contribution in [-0.4, -0.2) is 12.4 Å². The Morgan fingerprint density at radius 2 is 1.67 bits per heavy atom. The molecule has 5 heteroatoms. The summed E-state index contributed by atoms with van der Waals surface area (Å²) in [5.41, 5.74) is 3.46. The van der Waals surface area contributed by atoms with Crippen LogP contribution in [0.25, 0.3) is 6.08 Å². The van der Waals surface area contributed by atoms with Crippen molar-refractivity contribution in [2.45, 2.75) is 20.5 Å². The maximum Gasteiger partial charge on any atom is 0.185 e. The molecule has 30 heavy (non-hydrogen) atoms. The number of ketones is 1. The van der Waals surface area contributed by atoms with Gasteiger partial charge in [-0.25, -0.2) is 0 Å². The van der Waals surface area contributed by atoms with Crippen molar-refractivity contribution in [1.82, 2.24) is 0 Å². The summed E-state index contributed by atoms with van der Waals surface area (Å²) in [6.07, 6.45) is 3.25. The topological polar surface area (TPSA) is 35.5 Å². The summed E-state index contributed by atoms with van der Waals surface area (Å²) in [7, 11) is 0. The van der Waals surface area contributed by atoms with Crippen molar-refractivity contribution in [1.29, 1.82) is 0 Å². The Morgan fingerprint density at radius 1 is 0.967 bits per heavy atom. The second-order valence-electron chi connectivity index (χ2n) is 6.74. The third kappa shape index (κ3) is 5.88. The van der Waals surface area contributed by atoms with Crippen LogP contribution < -0.4 is 9.47 Å². The molecule has 0 bridgehead atoms. The van der Waals surface area contributed by atoms with Gasteiger partial charge in [0.25, 0.3) is 0 Å². The number of rotatable bonds is 8. The molecule has 0 aromatic heterocycles. The van der Waals surface area contributed by atoms with Crippen molar-refractivity contribution in [2.75, 3.05) is 6.61 Å². The number of halogens is 2. The molecule has 0 amide bonds. The number of benzene rings is 3. The van der Waals surface area contributed by atoms with Crippen LogP contribution in [0, 0.1) is 6.92 Å². The molecular weight excluding hydrogens is 419 g/mol. The van der Waals surface area contributed by atoms with E-state index in [1.54, 1.807) is 12.1 Å². The van der Waals surface area contributed by atoms with Crippen molar-refractivity contribution in [3.8, 4) is 11.5 Å². The molecule has 3 aromatic carbocycles. The summed E-state index contributed by atoms with van der Waals surface area (Å²) in [6, 6.07) is 18.4. The number of hydrogen-bond acceptors (Lipinski definition) is 3. The van der Waals surface area contributed by atoms with Gasteiger partial charge in [-0.2, -0.15) is 0 Å². The average molecular weight is 441 g/mol. The smallest absolute Gasteiger partial charge is 0.185 e. The van der Waals surface area contributed by atoms with Gasteiger partial charge >= 0.3 is 0 Å². The first-order valence-electron chi connectivity index (χ1n) is 9.59. The van der Waals surface area contributed by atoms with Crippen LogP contribution in [0.15, 0.2) is 66.7 Å². The molecule has 0 spiro atoms. The summed E-state index contributed by atoms with van der Waals surface area (Å²) < 4.78 is 11.6. The number of hydrogen-bond donors (Lipinski definition) is 0. The Morgan fingerprint density at radius 3 is 2.33 bits per heavy atom. The zero-order valence-electron chi connectivity index (χ0n) is 16.8. The van der Waals surface area contributed by atoms with Crippen molar-refractivity contribution in [3.05, 3.63) is 99.0 Å². The monoisotopic (exact) mass is 440 g/mol. The van der Waals surface area contributed by atoms with Crippen molar-refractivity contribution >= 4 is 35.1 Å². The fourth-order valence-corrected chi connectivity index (χ4v) is 3.21. The highest BCUT2D eigenvalue weighted by Gasteiger charge is 2.13. The third-order valence-corrected chi connectivity index (χ3v) is 4.92. The van der Waals surface area contributed by atoms with Gasteiger partial charge < -0.3 is 9.47 Å². The SMILES string of the molecule is CCOc1cc(/C=C/C(=O)c2ccc(C)cc2)cc(Cl)c1OCc1ccc(Cl)cc1. The quantitative estimate of drug-likeness (QED) is 0.275. The summed E-state index contributed by atoms with van der Waals surface area (Å²) in [5.74, 6) is 0.920. The van der Waals surface area contributed by atoms with Gasteiger partial charge in [-0.1, -0.05) is 71.2 Å². The second-order valence-corrected chi connectivity index (χ2v) is 7.59. The second kappa shape index (κ2) is 10.3. The lowest BCUT2D eigenvalue weighted by atomic mass is 10.1. The van der Waals surface area contributed by atoms with Gasteiger partial charge in [-0.05, 0) is 55.3 Å². The molecule has 3 nitrogen and oxygen atoms in total. The highest BCUT2D eigenvalue weighted by Crippen LogP contribution is 2.37. The molecule has 0 saturated heterocycles. The number of aryl methyl sites for hydroxylation is 1. The van der Waals surface area contributed by atoms with Gasteiger partial charge in [-0.15, -0.1) is 0 Å². The number of carbonyl (C=O) groups is 1. The van der Waals surface area contributed by atoms with Crippen LogP contribution in [0.5, 0.6) is 11.5 Å². The standard InChI is InChI=1S/C25H22Cl2O3/c1-3-29-24-15-19(8-13-23(28)20-9-4-17(2)5-10-20)14-22(27)25(24)30-16-18-6-11-21(26)12-7-18/h4-15H,3,16H2,1-2H3/b13-8+. The minimum Gasteiger partial charge on any atom is -0.490 e. The van der Waals surface area contributed by atoms with E-state index in [1.807, 2.05) is 68.4 Å². The molecule has 0 aliphatic rings. The molecule has 0 atom stereocenters. The molecule has 3 rings (SSSR count). The minimum absolute atomic E-state index is 0.0767. The number of ether oxygens (including phenoxy) is 2. The van der Waals surface area contributed by atoms with Crippen molar-refractivity contribution in [2.24, 2.45) is 0 Å². The normalized spacial score (nSPS) is 10.9. The van der Waals surface area contributed by atoms with E-state index in [4.69, 9.17) is 32.7 Å². The van der Waals surface area contributed by atoms with Gasteiger partial charge in [0.05, 0.1) is 11.6 Å². The highest BCUT2D eigenvalue weighted by molar-refractivity contribution is 6.32. The maximum absolute atomic E-state index is 12.4. The zero-order valence-corrected chi connectivity index (χ0v) is 18.3. The molecule has 0 fully saturated rings. The van der Waals surface area contributed by atoms with E-state index in [0.29, 0.717) is 40.3 Å². The predicted molar refractivity (Wildman–Crippen MR) is 123 cm³/mol. The van der Waals surface area contributed by atoms with E-state index >= 15 is 0 Å². The van der Waals surface area contributed by atoms with E-state index in [2.05, 4.69) is 0 Å². The first-order chi connectivity index (χ1) is 14.5. The fourth-order valence-electron chi connectivity index (χ4n) is 2.81. The van der Waals surface area contributed by atoms with Crippen LogP contribution in [0.4, 0.5) is 0 Å². The lowest BCUT2D eigenvalue weighted by Crippen LogP contribution is -2.01. The Hall–Kier alpha value is -2.75. The van der Waals surface area contributed by atoms with Gasteiger partial charge in [0.15, 0.2) is 17.3 Å². The van der Waals surface area contributed by atoms with Crippen molar-refractivity contribution in [3.63, 3.8) is 0 Å². The van der Waals surface area contributed by atoms with E-state index in [0.717, 1.165) is 16.7 Å². The van der Waals surface area contributed by atoms with E-state index in [9.17, 15) is 4.79 Å². The molecule has 0 aliphatic heterocycles. The van der Waals surface area contributed by atoms with Gasteiger partial charge in [0.2, 0.25) is 0 Å². The van der Waals surface area contributed by atoms with E-state index in [1.165, 1.54) is 6.08 Å². The molecule has 0 unspecified atom stereocenters. The Labute approximate surface area is 186 Å². The highest BCUT2D eigenvalue weighted by atomic mass is 35.5. The van der Waals surface area contributed by atoms with Crippen LogP contribution in [0.2, 0.25) is 10.0 Å². The molecule has 0 heterocycles. The van der Waals surface area contributed by atoms with Gasteiger partial charge in [-0.3, -0.25) is 4.79 Å². The number of allylic oxidation sites excluding steroid dienone is 1. The Kier molecular flexibility index (Phi) is 7.56. The summed E-state index contributed by atoms with van der Waals surface area (Å²) in [5, 5.41) is 1.08. The van der Waals surface area contributed by atoms with E-state index < -0.39 is 0 Å². The molecule has 3 aromatic rings. The van der Waals surface area contributed by atoms with Crippen LogP contribution in [0.3, 0.4) is 0 Å². The third-order valence-electron chi connectivity index (χ3n) is 4.39. The minimum atomic E-state index is -0.0767. The first-order valence-corrected chi connectivity index (χ1v) is 10.3.